The number of ether oxygens (including phenoxy) is 2. The van der Waals surface area contributed by atoms with Crippen molar-refractivity contribution >= 4 is 5.91 Å². The van der Waals surface area contributed by atoms with E-state index in [2.05, 4.69) is 0 Å². The molecule has 2 aromatic rings. The molecule has 1 fully saturated rings. The van der Waals surface area contributed by atoms with Crippen LogP contribution >= 0.6 is 0 Å². The van der Waals surface area contributed by atoms with Crippen LogP contribution in [0.4, 0.5) is 4.39 Å². The molecule has 1 amide bonds. The molecule has 1 aliphatic heterocycles. The number of aliphatic hydroxyl groups excluding tert-OH is 1. The van der Waals surface area contributed by atoms with E-state index in [0.29, 0.717) is 23.5 Å². The van der Waals surface area contributed by atoms with Gasteiger partial charge in [-0.15, -0.1) is 0 Å². The number of methoxy groups -OCH3 is 2. The first kappa shape index (κ1) is 17.2. The SMILES string of the molecule is COc1cccc(C(=O)N2CC(O)CC2c2ccc(F)cc2)c1OC. The molecule has 0 aromatic heterocycles. The molecule has 2 aromatic carbocycles. The Hall–Kier alpha value is -2.60. The predicted molar refractivity (Wildman–Crippen MR) is 90.3 cm³/mol. The number of amides is 1. The first-order chi connectivity index (χ1) is 12.0. The number of aliphatic hydroxyl groups is 1. The molecule has 0 aliphatic carbocycles. The summed E-state index contributed by atoms with van der Waals surface area (Å²) in [5.74, 6) is 0.219. The van der Waals surface area contributed by atoms with Crippen LogP contribution in [0.5, 0.6) is 11.5 Å². The third kappa shape index (κ3) is 3.30. The Labute approximate surface area is 145 Å². The molecule has 3 rings (SSSR count). The van der Waals surface area contributed by atoms with Gasteiger partial charge in [0.25, 0.3) is 5.91 Å². The highest BCUT2D eigenvalue weighted by Gasteiger charge is 2.37. The summed E-state index contributed by atoms with van der Waals surface area (Å²) in [6.45, 7) is 0.210. The summed E-state index contributed by atoms with van der Waals surface area (Å²) in [5, 5.41) is 10.1. The quantitative estimate of drug-likeness (QED) is 0.926. The monoisotopic (exact) mass is 345 g/mol. The Balaban J connectivity index is 1.96. The lowest BCUT2D eigenvalue weighted by Gasteiger charge is -2.26. The molecule has 1 heterocycles. The molecule has 2 atom stereocenters. The number of carbonyl (C=O) groups excluding carboxylic acids is 1. The third-order valence-corrected chi connectivity index (χ3v) is 4.43. The van der Waals surface area contributed by atoms with Crippen LogP contribution in [0.2, 0.25) is 0 Å². The zero-order valence-electron chi connectivity index (χ0n) is 14.1. The van der Waals surface area contributed by atoms with E-state index in [0.717, 1.165) is 5.56 Å². The van der Waals surface area contributed by atoms with Crippen LogP contribution in [0.1, 0.15) is 28.4 Å². The van der Waals surface area contributed by atoms with Crippen LogP contribution < -0.4 is 9.47 Å². The van der Waals surface area contributed by atoms with Crippen LogP contribution in [0.3, 0.4) is 0 Å². The van der Waals surface area contributed by atoms with Crippen LogP contribution in [-0.4, -0.2) is 42.8 Å². The Morgan fingerprint density at radius 3 is 2.52 bits per heavy atom. The molecule has 1 aliphatic rings. The summed E-state index contributed by atoms with van der Waals surface area (Å²) >= 11 is 0. The zero-order chi connectivity index (χ0) is 18.0. The molecule has 132 valence electrons. The van der Waals surface area contributed by atoms with Gasteiger partial charge in [0.2, 0.25) is 0 Å². The number of halogens is 1. The molecular weight excluding hydrogens is 325 g/mol. The van der Waals surface area contributed by atoms with E-state index in [9.17, 15) is 14.3 Å². The van der Waals surface area contributed by atoms with E-state index in [1.165, 1.54) is 26.4 Å². The fourth-order valence-electron chi connectivity index (χ4n) is 3.25. The number of rotatable bonds is 4. The van der Waals surface area contributed by atoms with Crippen molar-refractivity contribution in [3.63, 3.8) is 0 Å². The van der Waals surface area contributed by atoms with Gasteiger partial charge in [0.05, 0.1) is 31.9 Å². The number of hydrogen-bond donors (Lipinski definition) is 1. The van der Waals surface area contributed by atoms with Gasteiger partial charge in [-0.3, -0.25) is 4.79 Å². The summed E-state index contributed by atoms with van der Waals surface area (Å²) in [5.41, 5.74) is 1.15. The third-order valence-electron chi connectivity index (χ3n) is 4.43. The highest BCUT2D eigenvalue weighted by Crippen LogP contribution is 2.37. The van der Waals surface area contributed by atoms with E-state index in [1.807, 2.05) is 0 Å². The van der Waals surface area contributed by atoms with Gasteiger partial charge >= 0.3 is 0 Å². The molecule has 0 spiro atoms. The fraction of sp³-hybridized carbons (Fsp3) is 0.316. The summed E-state index contributed by atoms with van der Waals surface area (Å²) in [4.78, 5) is 14.7. The second-order valence-corrected chi connectivity index (χ2v) is 5.96. The molecule has 2 unspecified atom stereocenters. The molecule has 0 saturated carbocycles. The largest absolute Gasteiger partial charge is 0.493 e. The minimum Gasteiger partial charge on any atom is -0.493 e. The topological polar surface area (TPSA) is 59.0 Å². The van der Waals surface area contributed by atoms with Crippen LogP contribution in [-0.2, 0) is 0 Å². The summed E-state index contributed by atoms with van der Waals surface area (Å²) in [6, 6.07) is 10.8. The van der Waals surface area contributed by atoms with Crippen molar-refractivity contribution in [3.8, 4) is 11.5 Å². The van der Waals surface area contributed by atoms with Gasteiger partial charge in [-0.25, -0.2) is 4.39 Å². The maximum Gasteiger partial charge on any atom is 0.258 e. The van der Waals surface area contributed by atoms with Crippen LogP contribution in [0.15, 0.2) is 42.5 Å². The second kappa shape index (κ2) is 7.11. The molecule has 5 nitrogen and oxygen atoms in total. The Bertz CT molecular complexity index is 763. The zero-order valence-corrected chi connectivity index (χ0v) is 14.1. The maximum absolute atomic E-state index is 13.2. The average Bonchev–Trinajstić information content (AvgIpc) is 3.02. The first-order valence-electron chi connectivity index (χ1n) is 8.00. The van der Waals surface area contributed by atoms with Gasteiger partial charge in [-0.1, -0.05) is 18.2 Å². The van der Waals surface area contributed by atoms with E-state index in [1.54, 1.807) is 35.2 Å². The highest BCUT2D eigenvalue weighted by molar-refractivity contribution is 5.98. The molecule has 0 bridgehead atoms. The second-order valence-electron chi connectivity index (χ2n) is 5.96. The predicted octanol–water partition coefficient (Wildman–Crippen LogP) is 2.79. The highest BCUT2D eigenvalue weighted by atomic mass is 19.1. The van der Waals surface area contributed by atoms with Crippen molar-refractivity contribution in [2.45, 2.75) is 18.6 Å². The Morgan fingerprint density at radius 1 is 1.16 bits per heavy atom. The van der Waals surface area contributed by atoms with Crippen molar-refractivity contribution in [1.82, 2.24) is 4.90 Å². The number of carbonyl (C=O) groups is 1. The minimum absolute atomic E-state index is 0.210. The summed E-state index contributed by atoms with van der Waals surface area (Å²) < 4.78 is 23.8. The molecular formula is C19H20FNO4. The minimum atomic E-state index is -0.629. The van der Waals surface area contributed by atoms with Crippen molar-refractivity contribution in [1.29, 1.82) is 0 Å². The number of β-amino-alcohol motifs (C(OH)–C–C–N with tert-alkyl or cyclic N) is 1. The fourth-order valence-corrected chi connectivity index (χ4v) is 3.25. The Morgan fingerprint density at radius 2 is 1.88 bits per heavy atom. The normalized spacial score (nSPS) is 19.8. The lowest BCUT2D eigenvalue weighted by molar-refractivity contribution is 0.0711. The van der Waals surface area contributed by atoms with Gasteiger partial charge in [0.15, 0.2) is 11.5 Å². The molecule has 1 N–H and O–H groups in total. The van der Waals surface area contributed by atoms with Crippen molar-refractivity contribution < 1.29 is 23.8 Å². The van der Waals surface area contributed by atoms with E-state index in [-0.39, 0.29) is 24.3 Å². The molecule has 6 heteroatoms. The van der Waals surface area contributed by atoms with Crippen molar-refractivity contribution in [3.05, 3.63) is 59.4 Å². The number of benzene rings is 2. The number of likely N-dealkylation sites (tertiary alicyclic amines) is 1. The van der Waals surface area contributed by atoms with Crippen LogP contribution in [0, 0.1) is 5.82 Å². The lowest BCUT2D eigenvalue weighted by Crippen LogP contribution is -2.32. The van der Waals surface area contributed by atoms with Gasteiger partial charge < -0.3 is 19.5 Å². The van der Waals surface area contributed by atoms with Gasteiger partial charge in [0, 0.05) is 6.54 Å². The molecule has 25 heavy (non-hydrogen) atoms. The summed E-state index contributed by atoms with van der Waals surface area (Å²) in [6.07, 6.45) is -0.223. The number of hydrogen-bond acceptors (Lipinski definition) is 4. The standard InChI is InChI=1S/C19H20FNO4/c1-24-17-5-3-4-15(18(17)25-2)19(23)21-11-14(22)10-16(21)12-6-8-13(20)9-7-12/h3-9,14,16,22H,10-11H2,1-2H3. The van der Waals surface area contributed by atoms with E-state index >= 15 is 0 Å². The van der Waals surface area contributed by atoms with Crippen molar-refractivity contribution in [2.24, 2.45) is 0 Å². The summed E-state index contributed by atoms with van der Waals surface area (Å²) in [7, 11) is 2.98. The van der Waals surface area contributed by atoms with E-state index in [4.69, 9.17) is 9.47 Å². The van der Waals surface area contributed by atoms with Crippen molar-refractivity contribution in [2.75, 3.05) is 20.8 Å². The number of nitrogens with zero attached hydrogens (tertiary/aromatic N) is 1. The van der Waals surface area contributed by atoms with Gasteiger partial charge in [0.1, 0.15) is 5.82 Å². The maximum atomic E-state index is 13.2. The first-order valence-corrected chi connectivity index (χ1v) is 8.00. The van der Waals surface area contributed by atoms with Gasteiger partial charge in [-0.05, 0) is 36.2 Å². The average molecular weight is 345 g/mol. The number of para-hydroxylation sites is 1. The van der Waals surface area contributed by atoms with Gasteiger partial charge in [-0.2, -0.15) is 0 Å². The smallest absolute Gasteiger partial charge is 0.258 e. The molecule has 1 saturated heterocycles. The van der Waals surface area contributed by atoms with Crippen LogP contribution in [0.25, 0.3) is 0 Å². The van der Waals surface area contributed by atoms with E-state index < -0.39 is 6.10 Å². The lowest BCUT2D eigenvalue weighted by atomic mass is 10.0. The Kier molecular flexibility index (Phi) is 4.90. The molecule has 0 radical (unpaired) electrons.